The molecule has 5 nitrogen and oxygen atoms in total. The third kappa shape index (κ3) is 3.21. The molecule has 1 atom stereocenters. The lowest BCUT2D eigenvalue weighted by molar-refractivity contribution is -0.140. The summed E-state index contributed by atoms with van der Waals surface area (Å²) >= 11 is 0. The van der Waals surface area contributed by atoms with Crippen LogP contribution in [0.5, 0.6) is 0 Å². The molecular formula is C8H9F3N2O3. The highest BCUT2D eigenvalue weighted by Gasteiger charge is 2.34. The van der Waals surface area contributed by atoms with Crippen molar-refractivity contribution in [1.29, 1.82) is 0 Å². The van der Waals surface area contributed by atoms with Crippen LogP contribution in [0, 0.1) is 0 Å². The summed E-state index contributed by atoms with van der Waals surface area (Å²) in [6.45, 7) is 1.53. The summed E-state index contributed by atoms with van der Waals surface area (Å²) in [5.41, 5.74) is 0. The summed E-state index contributed by atoms with van der Waals surface area (Å²) in [5.74, 6) is -3.36. The van der Waals surface area contributed by atoms with Gasteiger partial charge in [0.05, 0.1) is 6.42 Å². The minimum absolute atomic E-state index is 0.140. The molecule has 0 saturated carbocycles. The molecule has 16 heavy (non-hydrogen) atoms. The van der Waals surface area contributed by atoms with Gasteiger partial charge in [-0.1, -0.05) is 6.92 Å². The van der Waals surface area contributed by atoms with E-state index in [1.54, 1.807) is 0 Å². The first kappa shape index (κ1) is 12.5. The second-order valence-electron chi connectivity index (χ2n) is 3.19. The van der Waals surface area contributed by atoms with Crippen molar-refractivity contribution in [2.75, 3.05) is 0 Å². The Bertz CT molecular complexity index is 375. The zero-order valence-electron chi connectivity index (χ0n) is 8.28. The summed E-state index contributed by atoms with van der Waals surface area (Å²) < 4.78 is 40.9. The van der Waals surface area contributed by atoms with Crippen molar-refractivity contribution < 1.29 is 27.6 Å². The largest absolute Gasteiger partial charge is 0.475 e. The van der Waals surface area contributed by atoms with Crippen molar-refractivity contribution in [2.24, 2.45) is 0 Å². The summed E-state index contributed by atoms with van der Waals surface area (Å²) in [4.78, 5) is 13.8. The van der Waals surface area contributed by atoms with Crippen LogP contribution in [-0.2, 0) is 0 Å². The van der Waals surface area contributed by atoms with Gasteiger partial charge in [0.2, 0.25) is 5.89 Å². The van der Waals surface area contributed by atoms with Gasteiger partial charge < -0.3 is 9.63 Å². The SMILES string of the molecule is CCC(CC(F)(F)F)c1nc(C(=O)O)no1. The van der Waals surface area contributed by atoms with E-state index in [4.69, 9.17) is 5.11 Å². The highest BCUT2D eigenvalue weighted by atomic mass is 19.4. The van der Waals surface area contributed by atoms with Crippen LogP contribution in [0.2, 0.25) is 0 Å². The summed E-state index contributed by atoms with van der Waals surface area (Å²) in [7, 11) is 0. The van der Waals surface area contributed by atoms with E-state index in [0.29, 0.717) is 0 Å². The molecule has 1 N–H and O–H groups in total. The van der Waals surface area contributed by atoms with Gasteiger partial charge in [-0.05, 0) is 11.6 Å². The molecular weight excluding hydrogens is 229 g/mol. The first-order valence-electron chi connectivity index (χ1n) is 4.47. The van der Waals surface area contributed by atoms with Gasteiger partial charge in [-0.25, -0.2) is 4.79 Å². The number of carboxylic acids is 1. The number of carboxylic acid groups (broad SMARTS) is 1. The highest BCUT2D eigenvalue weighted by molar-refractivity contribution is 5.82. The lowest BCUT2D eigenvalue weighted by Crippen LogP contribution is -2.14. The van der Waals surface area contributed by atoms with E-state index in [2.05, 4.69) is 14.7 Å². The molecule has 0 fully saturated rings. The standard InChI is InChI=1S/C8H9F3N2O3/c1-2-4(3-8(9,10)11)6-12-5(7(14)15)13-16-6/h4H,2-3H2,1H3,(H,14,15). The third-order valence-corrected chi connectivity index (χ3v) is 1.95. The Morgan fingerprint density at radius 2 is 2.19 bits per heavy atom. The fourth-order valence-corrected chi connectivity index (χ4v) is 1.17. The van der Waals surface area contributed by atoms with Gasteiger partial charge in [0, 0.05) is 5.92 Å². The van der Waals surface area contributed by atoms with Gasteiger partial charge in [0.15, 0.2) is 0 Å². The van der Waals surface area contributed by atoms with Crippen molar-refractivity contribution in [3.8, 4) is 0 Å². The molecule has 0 radical (unpaired) electrons. The average molecular weight is 238 g/mol. The van der Waals surface area contributed by atoms with Crippen LogP contribution in [-0.4, -0.2) is 27.4 Å². The quantitative estimate of drug-likeness (QED) is 0.870. The predicted octanol–water partition coefficient (Wildman–Crippen LogP) is 2.21. The molecule has 0 aliphatic carbocycles. The molecule has 1 unspecified atom stereocenters. The zero-order chi connectivity index (χ0) is 12.3. The number of hydrogen-bond acceptors (Lipinski definition) is 4. The lowest BCUT2D eigenvalue weighted by atomic mass is 10.0. The number of aromatic carboxylic acids is 1. The van der Waals surface area contributed by atoms with Crippen molar-refractivity contribution in [1.82, 2.24) is 10.1 Å². The van der Waals surface area contributed by atoms with E-state index in [-0.39, 0.29) is 12.3 Å². The number of halogens is 3. The normalized spacial score (nSPS) is 13.8. The fourth-order valence-electron chi connectivity index (χ4n) is 1.17. The van der Waals surface area contributed by atoms with E-state index in [1.165, 1.54) is 6.92 Å². The number of rotatable bonds is 4. The summed E-state index contributed by atoms with van der Waals surface area (Å²) in [6.07, 6.45) is -5.32. The Balaban J connectivity index is 2.83. The predicted molar refractivity (Wildman–Crippen MR) is 45.0 cm³/mol. The monoisotopic (exact) mass is 238 g/mol. The van der Waals surface area contributed by atoms with E-state index in [0.717, 1.165) is 0 Å². The minimum atomic E-state index is -4.35. The lowest BCUT2D eigenvalue weighted by Gasteiger charge is -2.12. The van der Waals surface area contributed by atoms with E-state index < -0.39 is 30.3 Å². The van der Waals surface area contributed by atoms with Crippen LogP contribution >= 0.6 is 0 Å². The maximum atomic E-state index is 12.1. The van der Waals surface area contributed by atoms with Crippen LogP contribution in [0.15, 0.2) is 4.52 Å². The maximum absolute atomic E-state index is 12.1. The molecule has 0 saturated heterocycles. The molecule has 0 aliphatic rings. The number of hydrogen-bond donors (Lipinski definition) is 1. The van der Waals surface area contributed by atoms with Crippen LogP contribution < -0.4 is 0 Å². The van der Waals surface area contributed by atoms with E-state index in [1.807, 2.05) is 0 Å². The number of nitrogens with zero attached hydrogens (tertiary/aromatic N) is 2. The number of aromatic nitrogens is 2. The second-order valence-corrected chi connectivity index (χ2v) is 3.19. The van der Waals surface area contributed by atoms with Gasteiger partial charge in [-0.15, -0.1) is 0 Å². The molecule has 0 aromatic carbocycles. The van der Waals surface area contributed by atoms with Gasteiger partial charge in [0.25, 0.3) is 5.82 Å². The maximum Gasteiger partial charge on any atom is 0.389 e. The van der Waals surface area contributed by atoms with Crippen molar-refractivity contribution in [2.45, 2.75) is 31.9 Å². The molecule has 1 aromatic heterocycles. The van der Waals surface area contributed by atoms with E-state index in [9.17, 15) is 18.0 Å². The first-order valence-corrected chi connectivity index (χ1v) is 4.47. The molecule has 1 rings (SSSR count). The minimum Gasteiger partial charge on any atom is -0.475 e. The Labute approximate surface area is 88.3 Å². The Hall–Kier alpha value is -1.60. The zero-order valence-corrected chi connectivity index (χ0v) is 8.28. The molecule has 0 spiro atoms. The van der Waals surface area contributed by atoms with Crippen molar-refractivity contribution in [3.05, 3.63) is 11.7 Å². The van der Waals surface area contributed by atoms with Gasteiger partial charge >= 0.3 is 12.1 Å². The van der Waals surface area contributed by atoms with Crippen molar-refractivity contribution >= 4 is 5.97 Å². The van der Waals surface area contributed by atoms with Gasteiger partial charge in [-0.3, -0.25) is 0 Å². The Kier molecular flexibility index (Phi) is 3.51. The molecule has 0 aliphatic heterocycles. The molecule has 1 aromatic rings. The van der Waals surface area contributed by atoms with Crippen LogP contribution in [0.1, 0.15) is 42.2 Å². The molecule has 0 bridgehead atoms. The van der Waals surface area contributed by atoms with Crippen LogP contribution in [0.25, 0.3) is 0 Å². The average Bonchev–Trinajstić information content (AvgIpc) is 2.61. The van der Waals surface area contributed by atoms with Crippen LogP contribution in [0.4, 0.5) is 13.2 Å². The highest BCUT2D eigenvalue weighted by Crippen LogP contribution is 2.32. The smallest absolute Gasteiger partial charge is 0.389 e. The third-order valence-electron chi connectivity index (χ3n) is 1.95. The number of carbonyl (C=O) groups is 1. The topological polar surface area (TPSA) is 76.2 Å². The first-order chi connectivity index (χ1) is 7.33. The molecule has 1 heterocycles. The Morgan fingerprint density at radius 3 is 2.56 bits per heavy atom. The van der Waals surface area contributed by atoms with Crippen molar-refractivity contribution in [3.63, 3.8) is 0 Å². The van der Waals surface area contributed by atoms with Gasteiger partial charge in [0.1, 0.15) is 0 Å². The summed E-state index contributed by atoms with van der Waals surface area (Å²) in [6, 6.07) is 0. The second kappa shape index (κ2) is 4.50. The number of alkyl halides is 3. The molecule has 0 amide bonds. The fraction of sp³-hybridized carbons (Fsp3) is 0.625. The van der Waals surface area contributed by atoms with Crippen LogP contribution in [0.3, 0.4) is 0 Å². The summed E-state index contributed by atoms with van der Waals surface area (Å²) in [5, 5.41) is 11.5. The Morgan fingerprint density at radius 1 is 1.56 bits per heavy atom. The van der Waals surface area contributed by atoms with Gasteiger partial charge in [-0.2, -0.15) is 18.2 Å². The van der Waals surface area contributed by atoms with E-state index >= 15 is 0 Å². The molecule has 90 valence electrons. The molecule has 8 heteroatoms.